The van der Waals surface area contributed by atoms with Crippen molar-refractivity contribution in [1.29, 1.82) is 0 Å². The molecule has 0 spiro atoms. The maximum atomic E-state index is 13.9. The molecular formula is C34H45Cl2N5O2. The van der Waals surface area contributed by atoms with Crippen LogP contribution in [0, 0.1) is 23.7 Å². The summed E-state index contributed by atoms with van der Waals surface area (Å²) in [7, 11) is 0. The number of aryl methyl sites for hydroxylation is 2. The Morgan fingerprint density at radius 3 is 2.53 bits per heavy atom. The number of aromatic nitrogens is 4. The number of hydrogen-bond donors (Lipinski definition) is 1. The smallest absolute Gasteiger partial charge is 0.245 e. The maximum Gasteiger partial charge on any atom is 0.245 e. The molecule has 1 saturated heterocycles. The molecule has 7 nitrogen and oxygen atoms in total. The highest BCUT2D eigenvalue weighted by atomic mass is 35.5. The normalized spacial score (nSPS) is 21.4. The van der Waals surface area contributed by atoms with Gasteiger partial charge in [0.25, 0.3) is 0 Å². The minimum Gasteiger partial charge on any atom is -0.338 e. The van der Waals surface area contributed by atoms with E-state index in [0.717, 1.165) is 45.8 Å². The standard InChI is InChI=1S/C34H45Cl2N5O2/c1-8-31(43)40-17-21(18-40)14-29(42)32-33(36)37-30(41(32)28-13-20(4)9-10-22(28)19(2)3)12-11-26-23-15-24(34(5,6)7)25(35)16-27(23)39-38-26/h8,15-16,19-22,28H,1,9-14,17-18H2,2-7H3,(H,38,39)/t20-,22+,28+/m1/s1. The van der Waals surface area contributed by atoms with Gasteiger partial charge in [-0.3, -0.25) is 14.7 Å². The number of carbonyl (C=O) groups is 2. The first-order valence-electron chi connectivity index (χ1n) is 15.7. The van der Waals surface area contributed by atoms with Crippen molar-refractivity contribution in [1.82, 2.24) is 24.6 Å². The predicted octanol–water partition coefficient (Wildman–Crippen LogP) is 8.00. The number of nitrogens with zero attached hydrogens (tertiary/aromatic N) is 4. The zero-order chi connectivity index (χ0) is 31.2. The average Bonchev–Trinajstić information content (AvgIpc) is 3.46. The van der Waals surface area contributed by atoms with Crippen molar-refractivity contribution in [2.45, 2.75) is 91.5 Å². The van der Waals surface area contributed by atoms with Crippen LogP contribution < -0.4 is 0 Å². The summed E-state index contributed by atoms with van der Waals surface area (Å²) >= 11 is 13.5. The van der Waals surface area contributed by atoms with Gasteiger partial charge in [0.05, 0.1) is 5.52 Å². The molecule has 5 rings (SSSR count). The van der Waals surface area contributed by atoms with E-state index in [9.17, 15) is 9.59 Å². The molecule has 0 bridgehead atoms. The van der Waals surface area contributed by atoms with E-state index in [-0.39, 0.29) is 34.2 Å². The highest BCUT2D eigenvalue weighted by molar-refractivity contribution is 6.33. The number of amides is 1. The molecule has 2 fully saturated rings. The van der Waals surface area contributed by atoms with E-state index in [4.69, 9.17) is 28.2 Å². The van der Waals surface area contributed by atoms with E-state index in [1.807, 2.05) is 6.07 Å². The largest absolute Gasteiger partial charge is 0.338 e. The first-order valence-corrected chi connectivity index (χ1v) is 16.4. The summed E-state index contributed by atoms with van der Waals surface area (Å²) in [4.78, 5) is 32.5. The van der Waals surface area contributed by atoms with Gasteiger partial charge in [0.15, 0.2) is 10.9 Å². The molecule has 232 valence electrons. The first kappa shape index (κ1) is 31.8. The van der Waals surface area contributed by atoms with E-state index in [1.165, 1.54) is 12.5 Å². The number of likely N-dealkylation sites (tertiary alicyclic amines) is 1. The molecule has 0 radical (unpaired) electrons. The molecule has 2 aromatic heterocycles. The molecular weight excluding hydrogens is 581 g/mol. The number of imidazole rings is 1. The summed E-state index contributed by atoms with van der Waals surface area (Å²) in [5.41, 5.74) is 3.39. The summed E-state index contributed by atoms with van der Waals surface area (Å²) in [6.45, 7) is 18.0. The van der Waals surface area contributed by atoms with Gasteiger partial charge in [0.1, 0.15) is 11.5 Å². The number of carbonyl (C=O) groups excluding carboxylic acids is 2. The molecule has 1 saturated carbocycles. The molecule has 1 N–H and O–H groups in total. The molecule has 1 aliphatic heterocycles. The van der Waals surface area contributed by atoms with Crippen molar-refractivity contribution < 1.29 is 9.59 Å². The lowest BCUT2D eigenvalue weighted by Crippen LogP contribution is -2.50. The molecule has 1 aliphatic carbocycles. The van der Waals surface area contributed by atoms with Gasteiger partial charge in [-0.2, -0.15) is 5.10 Å². The number of halogens is 2. The minimum atomic E-state index is -0.0984. The molecule has 43 heavy (non-hydrogen) atoms. The number of rotatable bonds is 9. The van der Waals surface area contributed by atoms with Crippen LogP contribution in [0.4, 0.5) is 0 Å². The van der Waals surface area contributed by atoms with Crippen LogP contribution >= 0.6 is 23.2 Å². The van der Waals surface area contributed by atoms with E-state index < -0.39 is 0 Å². The van der Waals surface area contributed by atoms with E-state index in [0.29, 0.717) is 55.8 Å². The van der Waals surface area contributed by atoms with E-state index >= 15 is 0 Å². The van der Waals surface area contributed by atoms with Crippen LogP contribution in [-0.4, -0.2) is 49.4 Å². The fourth-order valence-electron chi connectivity index (χ4n) is 7.13. The van der Waals surface area contributed by atoms with Gasteiger partial charge in [-0.05, 0) is 66.2 Å². The number of Topliss-reactive ketones (excluding diaryl/α,β-unsaturated/α-hetero) is 1. The quantitative estimate of drug-likeness (QED) is 0.193. The fraction of sp³-hybridized carbons (Fsp3) is 0.588. The Morgan fingerprint density at radius 1 is 1.16 bits per heavy atom. The second kappa shape index (κ2) is 12.4. The summed E-state index contributed by atoms with van der Waals surface area (Å²) in [5, 5.41) is 9.86. The van der Waals surface area contributed by atoms with Crippen LogP contribution in [0.2, 0.25) is 10.2 Å². The number of aromatic amines is 1. The van der Waals surface area contributed by atoms with Crippen LogP contribution in [0.5, 0.6) is 0 Å². The van der Waals surface area contributed by atoms with Crippen molar-refractivity contribution in [3.8, 4) is 0 Å². The third kappa shape index (κ3) is 6.44. The van der Waals surface area contributed by atoms with Gasteiger partial charge >= 0.3 is 0 Å². The van der Waals surface area contributed by atoms with Gasteiger partial charge < -0.3 is 9.47 Å². The lowest BCUT2D eigenvalue weighted by Gasteiger charge is -2.40. The maximum absolute atomic E-state index is 13.9. The SMILES string of the molecule is C=CC(=O)N1CC(CC(=O)c2c(Cl)nc(CCc3[nH]nc4cc(Cl)c(C(C)(C)C)cc34)n2[C@H]2C[C@H](C)CC[C@H]2C(C)C)C1. The molecule has 3 heterocycles. The predicted molar refractivity (Wildman–Crippen MR) is 174 cm³/mol. The minimum absolute atomic E-state index is 0.0108. The zero-order valence-electron chi connectivity index (χ0n) is 26.3. The monoisotopic (exact) mass is 625 g/mol. The number of nitrogens with one attached hydrogen (secondary N) is 1. The summed E-state index contributed by atoms with van der Waals surface area (Å²) in [6, 6.07) is 4.25. The lowest BCUT2D eigenvalue weighted by molar-refractivity contribution is -0.132. The van der Waals surface area contributed by atoms with Crippen LogP contribution in [0.1, 0.15) is 101 Å². The molecule has 3 atom stereocenters. The Kier molecular flexibility index (Phi) is 9.16. The van der Waals surface area contributed by atoms with Crippen molar-refractivity contribution in [3.05, 3.63) is 57.7 Å². The highest BCUT2D eigenvalue weighted by Gasteiger charge is 2.38. The van der Waals surface area contributed by atoms with Gasteiger partial charge in [0.2, 0.25) is 5.91 Å². The van der Waals surface area contributed by atoms with Crippen molar-refractivity contribution >= 4 is 45.8 Å². The summed E-state index contributed by atoms with van der Waals surface area (Å²) < 4.78 is 2.21. The second-order valence-corrected chi connectivity index (χ2v) is 14.9. The average molecular weight is 627 g/mol. The number of benzene rings is 1. The van der Waals surface area contributed by atoms with Crippen molar-refractivity contribution in [3.63, 3.8) is 0 Å². The lowest BCUT2D eigenvalue weighted by atomic mass is 9.73. The Hall–Kier alpha value is -2.64. The van der Waals surface area contributed by atoms with E-state index in [2.05, 4.69) is 69.0 Å². The van der Waals surface area contributed by atoms with Gasteiger partial charge in [0, 0.05) is 54.0 Å². The van der Waals surface area contributed by atoms with Gasteiger partial charge in [-0.25, -0.2) is 4.98 Å². The summed E-state index contributed by atoms with van der Waals surface area (Å²) in [5.74, 6) is 2.34. The summed E-state index contributed by atoms with van der Waals surface area (Å²) in [6.07, 6.45) is 6.28. The molecule has 2 aliphatic rings. The van der Waals surface area contributed by atoms with Crippen LogP contribution in [0.25, 0.3) is 10.9 Å². The van der Waals surface area contributed by atoms with Crippen LogP contribution in [0.3, 0.4) is 0 Å². The van der Waals surface area contributed by atoms with Gasteiger partial charge in [-0.1, -0.05) is 77.7 Å². The van der Waals surface area contributed by atoms with Gasteiger partial charge in [-0.15, -0.1) is 0 Å². The molecule has 9 heteroatoms. The Labute approximate surface area is 265 Å². The topological polar surface area (TPSA) is 83.9 Å². The van der Waals surface area contributed by atoms with Crippen LogP contribution in [0.15, 0.2) is 24.8 Å². The fourth-order valence-corrected chi connectivity index (χ4v) is 7.87. The molecule has 1 amide bonds. The van der Waals surface area contributed by atoms with E-state index in [1.54, 1.807) is 4.90 Å². The second-order valence-electron chi connectivity index (χ2n) is 14.2. The zero-order valence-corrected chi connectivity index (χ0v) is 27.9. The number of hydrogen-bond acceptors (Lipinski definition) is 4. The van der Waals surface area contributed by atoms with Crippen molar-refractivity contribution in [2.75, 3.05) is 13.1 Å². The van der Waals surface area contributed by atoms with Crippen molar-refractivity contribution in [2.24, 2.45) is 23.7 Å². The Balaban J connectivity index is 1.48. The number of ketones is 1. The molecule has 3 aromatic rings. The first-order chi connectivity index (χ1) is 20.3. The van der Waals surface area contributed by atoms with Crippen LogP contribution in [-0.2, 0) is 23.1 Å². The highest BCUT2D eigenvalue weighted by Crippen LogP contribution is 2.44. The third-order valence-electron chi connectivity index (χ3n) is 9.57. The number of fused-ring (bicyclic) bond motifs is 1. The Morgan fingerprint density at radius 2 is 1.88 bits per heavy atom. The molecule has 0 unspecified atom stereocenters. The number of H-pyrrole nitrogens is 1. The Bertz CT molecular complexity index is 1530. The third-order valence-corrected chi connectivity index (χ3v) is 10.1. The molecule has 1 aromatic carbocycles.